The summed E-state index contributed by atoms with van der Waals surface area (Å²) in [6.07, 6.45) is 6.50. The van der Waals surface area contributed by atoms with Gasteiger partial charge >= 0.3 is 0 Å². The highest BCUT2D eigenvalue weighted by Gasteiger charge is 2.41. The van der Waals surface area contributed by atoms with Gasteiger partial charge in [-0.15, -0.1) is 0 Å². The van der Waals surface area contributed by atoms with Crippen LogP contribution in [0.25, 0.3) is 0 Å². The summed E-state index contributed by atoms with van der Waals surface area (Å²) in [5, 5.41) is 3.28. The highest BCUT2D eigenvalue weighted by atomic mass is 16.5. The minimum Gasteiger partial charge on any atom is -0.368 e. The van der Waals surface area contributed by atoms with Crippen LogP contribution in [0.5, 0.6) is 0 Å². The molecule has 0 atom stereocenters. The summed E-state index contributed by atoms with van der Waals surface area (Å²) in [5.41, 5.74) is -0.520. The molecule has 2 fully saturated rings. The van der Waals surface area contributed by atoms with Crippen LogP contribution in [0.3, 0.4) is 0 Å². The van der Waals surface area contributed by atoms with E-state index >= 15 is 0 Å². The van der Waals surface area contributed by atoms with Crippen LogP contribution < -0.4 is 5.32 Å². The van der Waals surface area contributed by atoms with E-state index < -0.39 is 5.60 Å². The number of amides is 1. The van der Waals surface area contributed by atoms with Gasteiger partial charge in [0.1, 0.15) is 5.60 Å². The van der Waals surface area contributed by atoms with Crippen molar-refractivity contribution in [1.29, 1.82) is 0 Å². The summed E-state index contributed by atoms with van der Waals surface area (Å²) in [7, 11) is 1.70. The van der Waals surface area contributed by atoms with E-state index in [4.69, 9.17) is 4.74 Å². The van der Waals surface area contributed by atoms with E-state index in [1.54, 1.807) is 7.11 Å². The molecule has 4 heteroatoms. The van der Waals surface area contributed by atoms with Gasteiger partial charge in [0.05, 0.1) is 0 Å². The molecule has 1 amide bonds. The molecular weight excluding hydrogens is 216 g/mol. The Kier molecular flexibility index (Phi) is 4.40. The van der Waals surface area contributed by atoms with Crippen molar-refractivity contribution in [1.82, 2.24) is 10.2 Å². The first-order chi connectivity index (χ1) is 8.28. The summed E-state index contributed by atoms with van der Waals surface area (Å²) in [6.45, 7) is 3.46. The lowest BCUT2D eigenvalue weighted by atomic mass is 9.92. The Bertz CT molecular complexity index is 254. The first-order valence-electron chi connectivity index (χ1n) is 6.84. The SMILES string of the molecule is COC1(C(=O)N2CCNCC2)CCCCCC1. The molecule has 0 aromatic carbocycles. The van der Waals surface area contributed by atoms with E-state index in [9.17, 15) is 4.79 Å². The molecule has 0 unspecified atom stereocenters. The van der Waals surface area contributed by atoms with Gasteiger partial charge < -0.3 is 15.0 Å². The average Bonchev–Trinajstić information content (AvgIpc) is 2.65. The maximum Gasteiger partial charge on any atom is 0.254 e. The molecule has 2 rings (SSSR count). The van der Waals surface area contributed by atoms with Gasteiger partial charge in [-0.25, -0.2) is 0 Å². The topological polar surface area (TPSA) is 41.6 Å². The van der Waals surface area contributed by atoms with Crippen LogP contribution in [0.2, 0.25) is 0 Å². The van der Waals surface area contributed by atoms with Gasteiger partial charge in [-0.1, -0.05) is 25.7 Å². The van der Waals surface area contributed by atoms with Crippen LogP contribution in [0.4, 0.5) is 0 Å². The number of methoxy groups -OCH3 is 1. The fourth-order valence-electron chi connectivity index (χ4n) is 2.96. The largest absolute Gasteiger partial charge is 0.368 e. The Balaban J connectivity index is 2.06. The number of rotatable bonds is 2. The van der Waals surface area contributed by atoms with Gasteiger partial charge in [0, 0.05) is 33.3 Å². The number of nitrogens with one attached hydrogen (secondary N) is 1. The standard InChI is InChI=1S/C13H24N2O2/c1-17-13(6-4-2-3-5-7-13)12(16)15-10-8-14-9-11-15/h14H,2-11H2,1H3. The van der Waals surface area contributed by atoms with Crippen molar-refractivity contribution >= 4 is 5.91 Å². The lowest BCUT2D eigenvalue weighted by Crippen LogP contribution is -2.55. The Morgan fingerprint density at radius 2 is 1.71 bits per heavy atom. The molecular formula is C13H24N2O2. The number of nitrogens with zero attached hydrogens (tertiary/aromatic N) is 1. The van der Waals surface area contributed by atoms with Gasteiger partial charge in [-0.2, -0.15) is 0 Å². The molecule has 4 nitrogen and oxygen atoms in total. The third-order valence-electron chi connectivity index (χ3n) is 4.10. The van der Waals surface area contributed by atoms with Crippen LogP contribution in [0.1, 0.15) is 38.5 Å². The van der Waals surface area contributed by atoms with Gasteiger partial charge in [0.15, 0.2) is 0 Å². The molecule has 1 saturated carbocycles. The Morgan fingerprint density at radius 1 is 1.12 bits per heavy atom. The van der Waals surface area contributed by atoms with Crippen molar-refractivity contribution in [2.45, 2.75) is 44.1 Å². The van der Waals surface area contributed by atoms with Crippen LogP contribution in [-0.4, -0.2) is 49.7 Å². The summed E-state index contributed by atoms with van der Waals surface area (Å²) in [4.78, 5) is 14.6. The van der Waals surface area contributed by atoms with Gasteiger partial charge in [-0.05, 0) is 12.8 Å². The number of ether oxygens (including phenoxy) is 1. The zero-order valence-electron chi connectivity index (χ0n) is 10.8. The molecule has 1 saturated heterocycles. The number of hydrogen-bond acceptors (Lipinski definition) is 3. The molecule has 0 aromatic rings. The molecule has 17 heavy (non-hydrogen) atoms. The first-order valence-corrected chi connectivity index (χ1v) is 6.84. The average molecular weight is 240 g/mol. The minimum absolute atomic E-state index is 0.225. The second kappa shape index (κ2) is 5.83. The van der Waals surface area contributed by atoms with E-state index in [-0.39, 0.29) is 5.91 Å². The van der Waals surface area contributed by atoms with E-state index in [0.717, 1.165) is 51.9 Å². The number of carbonyl (C=O) groups is 1. The van der Waals surface area contributed by atoms with Crippen molar-refractivity contribution < 1.29 is 9.53 Å². The third-order valence-corrected chi connectivity index (χ3v) is 4.10. The fourth-order valence-corrected chi connectivity index (χ4v) is 2.96. The molecule has 0 spiro atoms. The maximum atomic E-state index is 12.6. The Morgan fingerprint density at radius 3 is 2.24 bits per heavy atom. The maximum absolute atomic E-state index is 12.6. The molecule has 98 valence electrons. The highest BCUT2D eigenvalue weighted by Crippen LogP contribution is 2.31. The predicted molar refractivity (Wildman–Crippen MR) is 66.9 cm³/mol. The van der Waals surface area contributed by atoms with Crippen molar-refractivity contribution in [2.75, 3.05) is 33.3 Å². The number of piperazine rings is 1. The third kappa shape index (κ3) is 2.80. The second-order valence-corrected chi connectivity index (χ2v) is 5.15. The smallest absolute Gasteiger partial charge is 0.254 e. The van der Waals surface area contributed by atoms with Crippen LogP contribution >= 0.6 is 0 Å². The quantitative estimate of drug-likeness (QED) is 0.736. The Labute approximate surface area is 104 Å². The monoisotopic (exact) mass is 240 g/mol. The van der Waals surface area contributed by atoms with E-state index in [2.05, 4.69) is 5.32 Å². The number of carbonyl (C=O) groups excluding carboxylic acids is 1. The molecule has 0 radical (unpaired) electrons. The molecule has 1 aliphatic heterocycles. The predicted octanol–water partition coefficient (Wildman–Crippen LogP) is 1.16. The fraction of sp³-hybridized carbons (Fsp3) is 0.923. The zero-order chi connectivity index (χ0) is 12.1. The van der Waals surface area contributed by atoms with Gasteiger partial charge in [0.2, 0.25) is 0 Å². The molecule has 1 aliphatic carbocycles. The minimum atomic E-state index is -0.520. The van der Waals surface area contributed by atoms with Crippen molar-refractivity contribution in [3.8, 4) is 0 Å². The van der Waals surface area contributed by atoms with Crippen LogP contribution in [0, 0.1) is 0 Å². The summed E-state index contributed by atoms with van der Waals surface area (Å²) in [6, 6.07) is 0. The molecule has 0 aromatic heterocycles. The summed E-state index contributed by atoms with van der Waals surface area (Å²) < 4.78 is 5.66. The lowest BCUT2D eigenvalue weighted by Gasteiger charge is -2.37. The van der Waals surface area contributed by atoms with E-state index in [1.165, 1.54) is 12.8 Å². The summed E-state index contributed by atoms with van der Waals surface area (Å²) >= 11 is 0. The van der Waals surface area contributed by atoms with Crippen LogP contribution in [-0.2, 0) is 9.53 Å². The first kappa shape index (κ1) is 12.8. The van der Waals surface area contributed by atoms with Crippen molar-refractivity contribution in [3.05, 3.63) is 0 Å². The number of hydrogen-bond donors (Lipinski definition) is 1. The van der Waals surface area contributed by atoms with Gasteiger partial charge in [-0.3, -0.25) is 4.79 Å². The zero-order valence-corrected chi connectivity index (χ0v) is 10.8. The normalized spacial score (nSPS) is 25.4. The van der Waals surface area contributed by atoms with Crippen LogP contribution in [0.15, 0.2) is 0 Å². The molecule has 1 heterocycles. The summed E-state index contributed by atoms with van der Waals surface area (Å²) in [5.74, 6) is 0.225. The highest BCUT2D eigenvalue weighted by molar-refractivity contribution is 5.85. The van der Waals surface area contributed by atoms with E-state index in [1.807, 2.05) is 4.90 Å². The van der Waals surface area contributed by atoms with E-state index in [0.29, 0.717) is 0 Å². The lowest BCUT2D eigenvalue weighted by molar-refractivity contribution is -0.157. The molecule has 0 bridgehead atoms. The molecule has 2 aliphatic rings. The van der Waals surface area contributed by atoms with Crippen molar-refractivity contribution in [3.63, 3.8) is 0 Å². The second-order valence-electron chi connectivity index (χ2n) is 5.15. The molecule has 1 N–H and O–H groups in total. The van der Waals surface area contributed by atoms with Crippen molar-refractivity contribution in [2.24, 2.45) is 0 Å². The van der Waals surface area contributed by atoms with Gasteiger partial charge in [0.25, 0.3) is 5.91 Å². The Hall–Kier alpha value is -0.610.